The number of hydrogen-bond donors (Lipinski definition) is 1. The van der Waals surface area contributed by atoms with Crippen LogP contribution in [0.2, 0.25) is 0 Å². The summed E-state index contributed by atoms with van der Waals surface area (Å²) in [4.78, 5) is 49.4. The maximum Gasteiger partial charge on any atom is 0.266 e. The number of rotatable bonds is 13. The third-order valence-electron chi connectivity index (χ3n) is 12.1. The molecule has 314 valence electrons. The van der Waals surface area contributed by atoms with E-state index in [0.717, 1.165) is 63.5 Å². The molecule has 2 aliphatic heterocycles. The van der Waals surface area contributed by atoms with Crippen LogP contribution in [0.15, 0.2) is 94.5 Å². The quantitative estimate of drug-likeness (QED) is 0.159. The first-order chi connectivity index (χ1) is 29.2. The average Bonchev–Trinajstić information content (AvgIpc) is 3.27. The molecule has 1 N–H and O–H groups in total. The second-order valence-corrected chi connectivity index (χ2v) is 15.8. The SMILES string of the molecule is CCOc1ccc(-c2ccc3nc(C(C)N4CCN(CCO)CC4)n(-c4ccccc4OCC)c(=O)c3c2)cc1-n1c(C(C)N2CCN(C)CC2)nc2ccccc2c1=O. The molecule has 0 radical (unpaired) electrons. The lowest BCUT2D eigenvalue weighted by atomic mass is 10.0. The molecule has 0 amide bonds. The summed E-state index contributed by atoms with van der Waals surface area (Å²) in [5.74, 6) is 2.46. The zero-order valence-corrected chi connectivity index (χ0v) is 35.4. The molecule has 2 aromatic heterocycles. The van der Waals surface area contributed by atoms with E-state index in [-0.39, 0.29) is 29.8 Å². The number of aromatic nitrogens is 4. The predicted octanol–water partition coefficient (Wildman–Crippen LogP) is 5.53. The van der Waals surface area contributed by atoms with Gasteiger partial charge in [-0.25, -0.2) is 9.97 Å². The van der Waals surface area contributed by atoms with Gasteiger partial charge in [-0.3, -0.25) is 33.4 Å². The largest absolute Gasteiger partial charge is 0.492 e. The van der Waals surface area contributed by atoms with E-state index in [9.17, 15) is 9.90 Å². The highest BCUT2D eigenvalue weighted by atomic mass is 16.5. The summed E-state index contributed by atoms with van der Waals surface area (Å²) in [5.41, 5.74) is 3.74. The van der Waals surface area contributed by atoms with Gasteiger partial charge < -0.3 is 19.5 Å². The van der Waals surface area contributed by atoms with E-state index in [2.05, 4.69) is 40.5 Å². The zero-order valence-electron chi connectivity index (χ0n) is 35.4. The van der Waals surface area contributed by atoms with Crippen LogP contribution < -0.4 is 20.6 Å². The van der Waals surface area contributed by atoms with Crippen LogP contribution in [-0.4, -0.2) is 130 Å². The van der Waals surface area contributed by atoms with Crippen LogP contribution in [0.1, 0.15) is 51.4 Å². The molecule has 13 heteroatoms. The van der Waals surface area contributed by atoms with Crippen LogP contribution in [0.3, 0.4) is 0 Å². The van der Waals surface area contributed by atoms with Crippen LogP contribution in [0.5, 0.6) is 11.5 Å². The molecule has 2 fully saturated rings. The zero-order chi connectivity index (χ0) is 41.9. The number of para-hydroxylation sites is 3. The Bertz CT molecular complexity index is 2590. The molecule has 2 aliphatic rings. The fourth-order valence-corrected chi connectivity index (χ4v) is 8.68. The summed E-state index contributed by atoms with van der Waals surface area (Å²) in [6.07, 6.45) is 0. The first-order valence-electron chi connectivity index (χ1n) is 21.3. The topological polar surface area (TPSA) is 121 Å². The van der Waals surface area contributed by atoms with Crippen molar-refractivity contribution in [3.8, 4) is 34.0 Å². The summed E-state index contributed by atoms with van der Waals surface area (Å²) in [6.45, 7) is 16.5. The molecular formula is C47H56N8O5. The van der Waals surface area contributed by atoms with Gasteiger partial charge in [0.25, 0.3) is 11.1 Å². The maximum absolute atomic E-state index is 15.0. The number of benzene rings is 4. The highest BCUT2D eigenvalue weighted by Gasteiger charge is 2.29. The first-order valence-corrected chi connectivity index (χ1v) is 21.3. The Labute approximate surface area is 351 Å². The summed E-state index contributed by atoms with van der Waals surface area (Å²) in [5, 5.41) is 10.5. The van der Waals surface area contributed by atoms with Gasteiger partial charge in [-0.2, -0.15) is 0 Å². The number of likely N-dealkylation sites (N-methyl/N-ethyl adjacent to an activating group) is 1. The Kier molecular flexibility index (Phi) is 12.4. The number of fused-ring (bicyclic) bond motifs is 2. The van der Waals surface area contributed by atoms with E-state index >= 15 is 4.79 Å². The molecule has 2 saturated heterocycles. The minimum absolute atomic E-state index is 0.131. The smallest absolute Gasteiger partial charge is 0.266 e. The molecule has 6 aromatic rings. The first kappa shape index (κ1) is 41.3. The van der Waals surface area contributed by atoms with Crippen LogP contribution >= 0.6 is 0 Å². The average molecular weight is 813 g/mol. The van der Waals surface area contributed by atoms with E-state index in [0.29, 0.717) is 76.1 Å². The third-order valence-corrected chi connectivity index (χ3v) is 12.1. The Morgan fingerprint density at radius 3 is 1.82 bits per heavy atom. The number of nitrogens with zero attached hydrogens (tertiary/aromatic N) is 8. The van der Waals surface area contributed by atoms with Crippen molar-refractivity contribution in [3.63, 3.8) is 0 Å². The molecule has 8 rings (SSSR count). The Morgan fingerprint density at radius 2 is 1.15 bits per heavy atom. The minimum Gasteiger partial charge on any atom is -0.492 e. The van der Waals surface area contributed by atoms with Crippen molar-refractivity contribution in [1.82, 2.24) is 38.7 Å². The fourth-order valence-electron chi connectivity index (χ4n) is 8.68. The van der Waals surface area contributed by atoms with Gasteiger partial charge in [0.1, 0.15) is 23.1 Å². The molecule has 0 bridgehead atoms. The van der Waals surface area contributed by atoms with Crippen molar-refractivity contribution >= 4 is 21.8 Å². The highest BCUT2D eigenvalue weighted by Crippen LogP contribution is 2.34. The van der Waals surface area contributed by atoms with Gasteiger partial charge in [0.05, 0.1) is 65.1 Å². The predicted molar refractivity (Wildman–Crippen MR) is 237 cm³/mol. The maximum atomic E-state index is 15.0. The number of piperazine rings is 2. The summed E-state index contributed by atoms with van der Waals surface area (Å²) >= 11 is 0. The van der Waals surface area contributed by atoms with E-state index in [1.54, 1.807) is 9.13 Å². The third kappa shape index (κ3) is 8.07. The van der Waals surface area contributed by atoms with E-state index < -0.39 is 0 Å². The molecule has 2 atom stereocenters. The van der Waals surface area contributed by atoms with Gasteiger partial charge in [-0.1, -0.05) is 36.4 Å². The standard InChI is InChI=1S/C47H56N8O5/c1-6-59-42-15-11-10-14-40(42)54-44(32(3)53-26-22-51(23-27-53)28-29-56)49-39-18-16-34(30-37(39)47(54)58)35-17-19-43(60-7-2)41(31-35)55-45(33(4)52-24-20-50(5)21-25-52)48-38-13-9-8-12-36(38)46(55)57/h8-19,30-33,56H,6-7,20-29H2,1-5H3. The Morgan fingerprint density at radius 1 is 0.617 bits per heavy atom. The fraction of sp³-hybridized carbons (Fsp3) is 0.404. The number of ether oxygens (including phenoxy) is 2. The van der Waals surface area contributed by atoms with Gasteiger partial charge >= 0.3 is 0 Å². The number of hydrogen-bond acceptors (Lipinski definition) is 11. The monoisotopic (exact) mass is 812 g/mol. The lowest BCUT2D eigenvalue weighted by Gasteiger charge is -2.38. The molecule has 4 aromatic carbocycles. The van der Waals surface area contributed by atoms with Gasteiger partial charge in [0, 0.05) is 58.9 Å². The lowest BCUT2D eigenvalue weighted by Crippen LogP contribution is -2.48. The number of β-amino-alcohol motifs (C(OH)–C–C–N with tert-alkyl or cyclic N) is 1. The Hall–Kier alpha value is -5.44. The number of aliphatic hydroxyl groups is 1. The molecule has 4 heterocycles. The van der Waals surface area contributed by atoms with Crippen molar-refractivity contribution < 1.29 is 14.6 Å². The lowest BCUT2D eigenvalue weighted by molar-refractivity contribution is 0.0854. The van der Waals surface area contributed by atoms with Crippen LogP contribution in [-0.2, 0) is 0 Å². The van der Waals surface area contributed by atoms with Crippen molar-refractivity contribution in [1.29, 1.82) is 0 Å². The molecular weight excluding hydrogens is 757 g/mol. The van der Waals surface area contributed by atoms with Crippen LogP contribution in [0.4, 0.5) is 0 Å². The van der Waals surface area contributed by atoms with Crippen molar-refractivity contribution in [3.05, 3.63) is 117 Å². The summed E-state index contributed by atoms with van der Waals surface area (Å²) in [7, 11) is 2.13. The van der Waals surface area contributed by atoms with Crippen molar-refractivity contribution in [2.75, 3.05) is 85.8 Å². The molecule has 60 heavy (non-hydrogen) atoms. The summed E-state index contributed by atoms with van der Waals surface area (Å²) in [6, 6.07) is 26.5. The van der Waals surface area contributed by atoms with Gasteiger partial charge in [-0.15, -0.1) is 0 Å². The van der Waals surface area contributed by atoms with Crippen LogP contribution in [0.25, 0.3) is 44.3 Å². The van der Waals surface area contributed by atoms with Crippen molar-refractivity contribution in [2.24, 2.45) is 0 Å². The Balaban J connectivity index is 1.27. The van der Waals surface area contributed by atoms with Crippen molar-refractivity contribution in [2.45, 2.75) is 39.8 Å². The number of aliphatic hydroxyl groups excluding tert-OH is 1. The normalized spacial score (nSPS) is 17.0. The molecule has 2 unspecified atom stereocenters. The van der Waals surface area contributed by atoms with Gasteiger partial charge in [-0.05, 0) is 94.4 Å². The molecule has 0 aliphatic carbocycles. The minimum atomic E-state index is -0.195. The second-order valence-electron chi connectivity index (χ2n) is 15.8. The van der Waals surface area contributed by atoms with Gasteiger partial charge in [0.15, 0.2) is 0 Å². The van der Waals surface area contributed by atoms with Crippen LogP contribution in [0, 0.1) is 0 Å². The molecule has 0 spiro atoms. The summed E-state index contributed by atoms with van der Waals surface area (Å²) < 4.78 is 15.8. The highest BCUT2D eigenvalue weighted by molar-refractivity contribution is 5.85. The van der Waals surface area contributed by atoms with Gasteiger partial charge in [0.2, 0.25) is 0 Å². The van der Waals surface area contributed by atoms with E-state index in [1.807, 2.05) is 98.8 Å². The van der Waals surface area contributed by atoms with E-state index in [1.165, 1.54) is 0 Å². The molecule has 13 nitrogen and oxygen atoms in total. The second kappa shape index (κ2) is 18.0. The van der Waals surface area contributed by atoms with E-state index in [4.69, 9.17) is 19.4 Å². The molecule has 0 saturated carbocycles.